The smallest absolute Gasteiger partial charge is 0.351 e. The van der Waals surface area contributed by atoms with Crippen LogP contribution in [0.2, 0.25) is 0 Å². The number of carbonyl (C=O) groups is 3. The molecule has 2 unspecified atom stereocenters. The van der Waals surface area contributed by atoms with Crippen molar-refractivity contribution in [3.05, 3.63) is 165 Å². The zero-order valence-electron chi connectivity index (χ0n) is 26.8. The Morgan fingerprint density at radius 3 is 1.73 bits per heavy atom. The maximum absolute atomic E-state index is 13.7. The van der Waals surface area contributed by atoms with E-state index in [9.17, 15) is 14.4 Å². The van der Waals surface area contributed by atoms with Gasteiger partial charge in [-0.15, -0.1) is 12.1 Å². The molecule has 0 N–H and O–H groups in total. The summed E-state index contributed by atoms with van der Waals surface area (Å²) < 4.78 is 0. The van der Waals surface area contributed by atoms with Crippen LogP contribution in [0, 0.1) is 18.1 Å². The van der Waals surface area contributed by atoms with Crippen LogP contribution in [-0.4, -0.2) is 17.9 Å². The number of allylic oxidation sites excluding steroid dienone is 4. The van der Waals surface area contributed by atoms with Gasteiger partial charge in [-0.25, -0.2) is 22.7 Å². The second-order valence-electron chi connectivity index (χ2n) is 11.8. The van der Waals surface area contributed by atoms with Gasteiger partial charge in [0.25, 0.3) is 0 Å². The Kier molecular flexibility index (Phi) is 11.0. The number of fused-ring (bicyclic) bond motifs is 6. The zero-order chi connectivity index (χ0) is 31.6. The molecular weight excluding hydrogens is 884 g/mol. The zero-order valence-corrected chi connectivity index (χ0v) is 41.0. The quantitative estimate of drug-likeness (QED) is 0.187. The number of anilines is 3. The summed E-state index contributed by atoms with van der Waals surface area (Å²) in [5, 5.41) is 0. The molecule has 3 aliphatic rings. The first-order valence-corrected chi connectivity index (χ1v) is 16.9. The SMILES string of the molecule is O=Cc1ccc(-c2[c-]c3c(s2)C2C=C4C(=O)c5[c-]c(-c6ccc(N(c7ccccc7)c7ccccc7)cc6)sc5C4=CC2C3=O)cc1.[Cs+].[Cs+]. The molecule has 9 rings (SSSR count). The number of rotatable bonds is 6. The largest absolute Gasteiger partial charge is 1.00 e. The molecule has 0 aliphatic heterocycles. The van der Waals surface area contributed by atoms with Crippen LogP contribution in [0.1, 0.15) is 46.7 Å². The predicted molar refractivity (Wildman–Crippen MR) is 188 cm³/mol. The maximum Gasteiger partial charge on any atom is 1.00 e. The van der Waals surface area contributed by atoms with E-state index < -0.39 is 0 Å². The van der Waals surface area contributed by atoms with E-state index in [1.54, 1.807) is 34.8 Å². The number of nitrogens with zero attached hydrogens (tertiary/aromatic N) is 1. The number of hydrogen-bond donors (Lipinski definition) is 0. The van der Waals surface area contributed by atoms with E-state index in [2.05, 4.69) is 65.6 Å². The summed E-state index contributed by atoms with van der Waals surface area (Å²) >= 11 is 3.10. The minimum absolute atomic E-state index is 0. The van der Waals surface area contributed by atoms with Crippen LogP contribution < -0.4 is 143 Å². The molecule has 2 heterocycles. The minimum atomic E-state index is -0.344. The first kappa shape index (κ1) is 36.0. The molecule has 4 nitrogen and oxygen atoms in total. The molecular formula is C41H23Cs2NO3S2. The Labute approximate surface area is 410 Å². The first-order valence-electron chi connectivity index (χ1n) is 15.3. The molecule has 4 aromatic carbocycles. The van der Waals surface area contributed by atoms with E-state index in [1.807, 2.05) is 60.7 Å². The van der Waals surface area contributed by atoms with Crippen molar-refractivity contribution in [3.63, 3.8) is 0 Å². The van der Waals surface area contributed by atoms with Crippen LogP contribution in [0.5, 0.6) is 0 Å². The molecule has 0 spiro atoms. The van der Waals surface area contributed by atoms with Crippen LogP contribution in [0.3, 0.4) is 0 Å². The molecule has 3 aliphatic carbocycles. The van der Waals surface area contributed by atoms with Crippen molar-refractivity contribution in [1.82, 2.24) is 0 Å². The minimum Gasteiger partial charge on any atom is -0.351 e. The molecule has 0 radical (unpaired) electrons. The summed E-state index contributed by atoms with van der Waals surface area (Å²) in [6, 6.07) is 43.0. The summed E-state index contributed by atoms with van der Waals surface area (Å²) in [6.07, 6.45) is 4.81. The van der Waals surface area contributed by atoms with Gasteiger partial charge in [0.15, 0.2) is 0 Å². The molecule has 49 heavy (non-hydrogen) atoms. The molecule has 8 heteroatoms. The third-order valence-corrected chi connectivity index (χ3v) is 11.4. The normalized spacial score (nSPS) is 16.7. The molecule has 0 bridgehead atoms. The van der Waals surface area contributed by atoms with Gasteiger partial charge < -0.3 is 14.5 Å². The van der Waals surface area contributed by atoms with Crippen molar-refractivity contribution >= 4 is 63.2 Å². The van der Waals surface area contributed by atoms with Gasteiger partial charge in [-0.05, 0) is 52.8 Å². The average molecular weight is 908 g/mol. The summed E-state index contributed by atoms with van der Waals surface area (Å²) in [5.74, 6) is -0.515. The van der Waals surface area contributed by atoms with E-state index in [4.69, 9.17) is 0 Å². The summed E-state index contributed by atoms with van der Waals surface area (Å²) in [7, 11) is 0. The Balaban J connectivity index is 0.00000189. The second kappa shape index (κ2) is 15.0. The van der Waals surface area contributed by atoms with Gasteiger partial charge >= 0.3 is 138 Å². The first-order chi connectivity index (χ1) is 23.1. The van der Waals surface area contributed by atoms with Crippen LogP contribution in [0.15, 0.2) is 127 Å². The summed E-state index contributed by atoms with van der Waals surface area (Å²) in [5.41, 5.74) is 8.39. The van der Waals surface area contributed by atoms with Crippen LogP contribution >= 0.6 is 22.7 Å². The van der Waals surface area contributed by atoms with Crippen LogP contribution in [-0.2, 0) is 0 Å². The Morgan fingerprint density at radius 2 is 1.12 bits per heavy atom. The van der Waals surface area contributed by atoms with Crippen LogP contribution in [0.25, 0.3) is 26.5 Å². The number of ketones is 2. The fraction of sp³-hybridized carbons (Fsp3) is 0.0488. The van der Waals surface area contributed by atoms with Gasteiger partial charge in [0.05, 0.1) is 5.78 Å². The van der Waals surface area contributed by atoms with Crippen molar-refractivity contribution in [3.8, 4) is 20.9 Å². The average Bonchev–Trinajstić information content (AvgIpc) is 3.88. The predicted octanol–water partition coefficient (Wildman–Crippen LogP) is 4.15. The van der Waals surface area contributed by atoms with Gasteiger partial charge in [-0.2, -0.15) is 0 Å². The third kappa shape index (κ3) is 6.40. The Bertz CT molecular complexity index is 2260. The number of carbonyl (C=O) groups excluding carboxylic acids is 3. The number of para-hydroxylation sites is 2. The van der Waals surface area contributed by atoms with Gasteiger partial charge in [-0.1, -0.05) is 127 Å². The van der Waals surface area contributed by atoms with E-state index in [0.717, 1.165) is 59.6 Å². The molecule has 6 aromatic rings. The van der Waals surface area contributed by atoms with Crippen molar-refractivity contribution in [2.45, 2.75) is 5.92 Å². The van der Waals surface area contributed by atoms with Crippen molar-refractivity contribution in [2.24, 2.45) is 5.92 Å². The number of benzene rings is 4. The van der Waals surface area contributed by atoms with Gasteiger partial charge in [-0.3, -0.25) is 4.79 Å². The number of aldehydes is 1. The molecule has 0 fully saturated rings. The maximum atomic E-state index is 13.7. The molecule has 0 saturated carbocycles. The van der Waals surface area contributed by atoms with E-state index >= 15 is 0 Å². The van der Waals surface area contributed by atoms with Gasteiger partial charge in [0.2, 0.25) is 0 Å². The topological polar surface area (TPSA) is 54.5 Å². The molecule has 2 atom stereocenters. The number of hydrogen-bond acceptors (Lipinski definition) is 6. The number of thiophene rings is 2. The van der Waals surface area contributed by atoms with Crippen LogP contribution in [0.4, 0.5) is 17.1 Å². The van der Waals surface area contributed by atoms with Gasteiger partial charge in [0.1, 0.15) is 12.1 Å². The van der Waals surface area contributed by atoms with E-state index in [-0.39, 0.29) is 161 Å². The molecule has 224 valence electrons. The van der Waals surface area contributed by atoms with E-state index in [0.29, 0.717) is 22.3 Å². The third-order valence-electron chi connectivity index (χ3n) is 9.03. The summed E-state index contributed by atoms with van der Waals surface area (Å²) in [4.78, 5) is 44.3. The van der Waals surface area contributed by atoms with Crippen molar-refractivity contribution in [1.29, 1.82) is 0 Å². The molecule has 2 aromatic heterocycles. The summed E-state index contributed by atoms with van der Waals surface area (Å²) in [6.45, 7) is 0. The fourth-order valence-corrected chi connectivity index (χ4v) is 9.11. The Morgan fingerprint density at radius 1 is 0.592 bits per heavy atom. The standard InChI is InChI=1S/C41H23NO3S2.2Cs/c43-23-24-11-13-25(14-12-24)36-21-34-38(44)30-20-33-31(19-32(30)40(34)46-36)39(45)35-22-37(47-41(33)35)26-15-17-29(18-16-26)42(27-7-3-1-4-8-27)28-9-5-2-6-10-28;;/h1-20,23,30,32H;;/q-2;2*+1. The number of Topliss-reactive ketones (excluding diaryl/α,β-unsaturated/α-hetero) is 2. The molecule has 0 saturated heterocycles. The van der Waals surface area contributed by atoms with Gasteiger partial charge in [0, 0.05) is 28.5 Å². The molecule has 0 amide bonds. The van der Waals surface area contributed by atoms with E-state index in [1.165, 1.54) is 0 Å². The second-order valence-corrected chi connectivity index (χ2v) is 13.8. The monoisotopic (exact) mass is 907 g/mol. The fourth-order valence-electron chi connectivity index (χ4n) is 6.74. The van der Waals surface area contributed by atoms with Crippen molar-refractivity contribution < 1.29 is 152 Å². The van der Waals surface area contributed by atoms with Crippen molar-refractivity contribution in [2.75, 3.05) is 4.90 Å². The Hall–Kier alpha value is -1.33.